The van der Waals surface area contributed by atoms with E-state index < -0.39 is 0 Å². The van der Waals surface area contributed by atoms with E-state index in [0.29, 0.717) is 38.7 Å². The second-order valence-corrected chi connectivity index (χ2v) is 6.45. The SMILES string of the molecule is O=C(Nc1ccc(Oc2ccc(Cl)cn2)c(Cl)c1)c1cn2ccccc2n1. The zero-order chi connectivity index (χ0) is 18.8. The lowest BCUT2D eigenvalue weighted by molar-refractivity contribution is 0.102. The van der Waals surface area contributed by atoms with E-state index in [-0.39, 0.29) is 5.91 Å². The van der Waals surface area contributed by atoms with Crippen molar-refractivity contribution in [1.82, 2.24) is 14.4 Å². The Bertz CT molecular complexity index is 1090. The van der Waals surface area contributed by atoms with E-state index in [1.54, 1.807) is 40.9 Å². The molecule has 1 aromatic carbocycles. The fraction of sp³-hybridized carbons (Fsp3) is 0. The molecule has 0 aliphatic carbocycles. The van der Waals surface area contributed by atoms with Crippen LogP contribution in [0.15, 0.2) is 67.1 Å². The number of pyridine rings is 2. The number of carbonyl (C=O) groups excluding carboxylic acids is 1. The molecule has 0 saturated heterocycles. The van der Waals surface area contributed by atoms with Crippen LogP contribution in [0.2, 0.25) is 10.0 Å². The van der Waals surface area contributed by atoms with E-state index in [2.05, 4.69) is 15.3 Å². The van der Waals surface area contributed by atoms with Crippen molar-refractivity contribution in [3.05, 3.63) is 82.9 Å². The molecule has 3 aromatic heterocycles. The standard InChI is InChI=1S/C19H12Cl2N4O2/c20-12-4-7-18(22-10-12)27-16-6-5-13(9-14(16)21)23-19(26)15-11-25-8-2-1-3-17(25)24-15/h1-11H,(H,23,26). The highest BCUT2D eigenvalue weighted by Crippen LogP contribution is 2.31. The van der Waals surface area contributed by atoms with E-state index in [4.69, 9.17) is 27.9 Å². The minimum Gasteiger partial charge on any atom is -0.437 e. The van der Waals surface area contributed by atoms with E-state index in [1.165, 1.54) is 6.20 Å². The van der Waals surface area contributed by atoms with Gasteiger partial charge >= 0.3 is 0 Å². The summed E-state index contributed by atoms with van der Waals surface area (Å²) >= 11 is 12.1. The summed E-state index contributed by atoms with van der Waals surface area (Å²) in [6.45, 7) is 0. The van der Waals surface area contributed by atoms with Crippen LogP contribution in [-0.4, -0.2) is 20.3 Å². The number of nitrogens with zero attached hydrogens (tertiary/aromatic N) is 3. The predicted molar refractivity (Wildman–Crippen MR) is 104 cm³/mol. The molecule has 0 fully saturated rings. The van der Waals surface area contributed by atoms with Crippen LogP contribution in [0.5, 0.6) is 11.6 Å². The number of imidazole rings is 1. The summed E-state index contributed by atoms with van der Waals surface area (Å²) in [5.74, 6) is 0.447. The summed E-state index contributed by atoms with van der Waals surface area (Å²) in [5.41, 5.74) is 1.53. The number of rotatable bonds is 4. The van der Waals surface area contributed by atoms with Gasteiger partial charge in [-0.3, -0.25) is 4.79 Å². The van der Waals surface area contributed by atoms with Crippen LogP contribution in [0.25, 0.3) is 5.65 Å². The van der Waals surface area contributed by atoms with E-state index >= 15 is 0 Å². The maximum atomic E-state index is 12.4. The summed E-state index contributed by atoms with van der Waals surface area (Å²) in [4.78, 5) is 20.8. The Kier molecular flexibility index (Phi) is 4.66. The van der Waals surface area contributed by atoms with Crippen molar-refractivity contribution in [2.75, 3.05) is 5.32 Å². The Morgan fingerprint density at radius 3 is 2.74 bits per heavy atom. The number of nitrogens with one attached hydrogen (secondary N) is 1. The van der Waals surface area contributed by atoms with Gasteiger partial charge in [0.25, 0.3) is 5.91 Å². The number of hydrogen-bond donors (Lipinski definition) is 1. The molecule has 134 valence electrons. The number of fused-ring (bicyclic) bond motifs is 1. The molecule has 0 radical (unpaired) electrons. The highest BCUT2D eigenvalue weighted by Gasteiger charge is 2.12. The van der Waals surface area contributed by atoms with E-state index in [1.807, 2.05) is 24.4 Å². The van der Waals surface area contributed by atoms with Crippen molar-refractivity contribution in [2.24, 2.45) is 0 Å². The highest BCUT2D eigenvalue weighted by atomic mass is 35.5. The molecule has 27 heavy (non-hydrogen) atoms. The Balaban J connectivity index is 1.50. The van der Waals surface area contributed by atoms with Gasteiger partial charge in [0, 0.05) is 30.3 Å². The molecular weight excluding hydrogens is 387 g/mol. The van der Waals surface area contributed by atoms with Gasteiger partial charge in [-0.2, -0.15) is 0 Å². The molecule has 8 heteroatoms. The highest BCUT2D eigenvalue weighted by molar-refractivity contribution is 6.32. The first-order valence-corrected chi connectivity index (χ1v) is 8.68. The van der Waals surface area contributed by atoms with E-state index in [0.717, 1.165) is 0 Å². The second kappa shape index (κ2) is 7.26. The first kappa shape index (κ1) is 17.3. The number of ether oxygens (including phenoxy) is 1. The van der Waals surface area contributed by atoms with Gasteiger partial charge in [-0.25, -0.2) is 9.97 Å². The summed E-state index contributed by atoms with van der Waals surface area (Å²) in [5, 5.41) is 3.62. The minimum absolute atomic E-state index is 0.308. The number of amides is 1. The number of aromatic nitrogens is 3. The van der Waals surface area contributed by atoms with Gasteiger partial charge in [-0.1, -0.05) is 29.3 Å². The van der Waals surface area contributed by atoms with Gasteiger partial charge in [-0.05, 0) is 36.4 Å². The first-order valence-electron chi connectivity index (χ1n) is 7.92. The van der Waals surface area contributed by atoms with Gasteiger partial charge in [-0.15, -0.1) is 0 Å². The zero-order valence-corrected chi connectivity index (χ0v) is 15.3. The number of halogens is 2. The molecule has 6 nitrogen and oxygen atoms in total. The molecular formula is C19H12Cl2N4O2. The van der Waals surface area contributed by atoms with Gasteiger partial charge in [0.1, 0.15) is 17.1 Å². The van der Waals surface area contributed by atoms with Crippen molar-refractivity contribution >= 4 is 40.4 Å². The van der Waals surface area contributed by atoms with Crippen LogP contribution < -0.4 is 10.1 Å². The molecule has 0 unspecified atom stereocenters. The Morgan fingerprint density at radius 1 is 1.11 bits per heavy atom. The third-order valence-corrected chi connectivity index (χ3v) is 4.22. The monoisotopic (exact) mass is 398 g/mol. The smallest absolute Gasteiger partial charge is 0.275 e. The van der Waals surface area contributed by atoms with Crippen LogP contribution in [0.4, 0.5) is 5.69 Å². The quantitative estimate of drug-likeness (QED) is 0.520. The summed E-state index contributed by atoms with van der Waals surface area (Å²) in [7, 11) is 0. The Morgan fingerprint density at radius 2 is 2.00 bits per heavy atom. The molecule has 0 saturated carbocycles. The molecule has 0 aliphatic heterocycles. The van der Waals surface area contributed by atoms with Gasteiger partial charge in [0.05, 0.1) is 10.0 Å². The van der Waals surface area contributed by atoms with Crippen LogP contribution in [0, 0.1) is 0 Å². The van der Waals surface area contributed by atoms with Crippen LogP contribution in [0.3, 0.4) is 0 Å². The second-order valence-electron chi connectivity index (χ2n) is 5.61. The number of benzene rings is 1. The number of anilines is 1. The first-order chi connectivity index (χ1) is 13.1. The maximum Gasteiger partial charge on any atom is 0.275 e. The molecule has 4 rings (SSSR count). The molecule has 1 amide bonds. The molecule has 1 N–H and O–H groups in total. The molecule has 0 aliphatic rings. The van der Waals surface area contributed by atoms with Gasteiger partial charge < -0.3 is 14.5 Å². The average Bonchev–Trinajstić information content (AvgIpc) is 3.10. The number of carbonyl (C=O) groups is 1. The van der Waals surface area contributed by atoms with Crippen molar-refractivity contribution in [3.63, 3.8) is 0 Å². The largest absolute Gasteiger partial charge is 0.437 e. The van der Waals surface area contributed by atoms with Crippen LogP contribution >= 0.6 is 23.2 Å². The molecule has 0 bridgehead atoms. The van der Waals surface area contributed by atoms with Crippen molar-refractivity contribution in [1.29, 1.82) is 0 Å². The topological polar surface area (TPSA) is 68.5 Å². The maximum absolute atomic E-state index is 12.4. The summed E-state index contributed by atoms with van der Waals surface area (Å²) in [6.07, 6.45) is 4.97. The summed E-state index contributed by atoms with van der Waals surface area (Å²) < 4.78 is 7.39. The van der Waals surface area contributed by atoms with Crippen LogP contribution in [0.1, 0.15) is 10.5 Å². The normalized spacial score (nSPS) is 10.7. The Hall–Kier alpha value is -3.09. The van der Waals surface area contributed by atoms with Crippen molar-refractivity contribution in [3.8, 4) is 11.6 Å². The fourth-order valence-corrected chi connectivity index (χ4v) is 2.77. The van der Waals surface area contributed by atoms with E-state index in [9.17, 15) is 4.79 Å². The third-order valence-electron chi connectivity index (χ3n) is 3.70. The lowest BCUT2D eigenvalue weighted by atomic mass is 10.3. The molecule has 4 aromatic rings. The molecule has 0 spiro atoms. The number of hydrogen-bond acceptors (Lipinski definition) is 4. The van der Waals surface area contributed by atoms with Crippen molar-refractivity contribution in [2.45, 2.75) is 0 Å². The predicted octanol–water partition coefficient (Wildman–Crippen LogP) is 5.08. The third kappa shape index (κ3) is 3.86. The minimum atomic E-state index is -0.331. The Labute approximate surface area is 164 Å². The zero-order valence-electron chi connectivity index (χ0n) is 13.8. The summed E-state index contributed by atoms with van der Waals surface area (Å²) in [6, 6.07) is 13.8. The molecule has 0 atom stereocenters. The van der Waals surface area contributed by atoms with Gasteiger partial charge in [0.2, 0.25) is 5.88 Å². The lowest BCUT2D eigenvalue weighted by Crippen LogP contribution is -2.12. The molecule has 3 heterocycles. The fourth-order valence-electron chi connectivity index (χ4n) is 2.44. The lowest BCUT2D eigenvalue weighted by Gasteiger charge is -2.09. The van der Waals surface area contributed by atoms with Gasteiger partial charge in [0.15, 0.2) is 0 Å². The van der Waals surface area contributed by atoms with Crippen LogP contribution in [-0.2, 0) is 0 Å². The van der Waals surface area contributed by atoms with Crippen molar-refractivity contribution < 1.29 is 9.53 Å². The average molecular weight is 399 g/mol.